The summed E-state index contributed by atoms with van der Waals surface area (Å²) in [5, 5.41) is 8.84. The zero-order valence-corrected chi connectivity index (χ0v) is 16.5. The fourth-order valence-electron chi connectivity index (χ4n) is 2.71. The van der Waals surface area contributed by atoms with E-state index in [2.05, 4.69) is 44.9 Å². The van der Waals surface area contributed by atoms with Crippen molar-refractivity contribution in [1.82, 2.24) is 4.90 Å². The first-order chi connectivity index (χ1) is 11.9. The lowest BCUT2D eigenvalue weighted by Crippen LogP contribution is -2.28. The van der Waals surface area contributed by atoms with Crippen LogP contribution in [0.1, 0.15) is 53.4 Å². The zero-order valence-electron chi connectivity index (χ0n) is 16.5. The van der Waals surface area contributed by atoms with Gasteiger partial charge in [0.1, 0.15) is 0 Å². The van der Waals surface area contributed by atoms with Gasteiger partial charge in [0.2, 0.25) is 0 Å². The molecular formula is C22H35NO2. The standard InChI is InChI=1S/C22H35NO2/c1-7-12-19(8-2)16-23(11-5)17-21(10-4)20(9-3)15-18(6)13-14-22(24)25/h7-8,12,15H,1-2,9-11,13-14,16-17H2,3-6H3,(H,24,25)/b18-15+,19-12+,21-20+. The SMILES string of the molecule is C=C/C=C(\C=C)CN(CC)C/C(CC)=C(/C=C(\C)CCC(=O)O)CC. The van der Waals surface area contributed by atoms with Crippen LogP contribution in [0.3, 0.4) is 0 Å². The lowest BCUT2D eigenvalue weighted by atomic mass is 9.99. The van der Waals surface area contributed by atoms with Gasteiger partial charge in [-0.05, 0) is 43.9 Å². The molecule has 0 aromatic carbocycles. The average Bonchev–Trinajstić information content (AvgIpc) is 2.60. The first-order valence-electron chi connectivity index (χ1n) is 9.17. The normalized spacial score (nSPS) is 13.6. The maximum absolute atomic E-state index is 10.8. The van der Waals surface area contributed by atoms with Crippen LogP contribution in [0.25, 0.3) is 0 Å². The number of aliphatic carboxylic acids is 1. The number of hydrogen-bond acceptors (Lipinski definition) is 2. The Hall–Kier alpha value is -1.87. The molecule has 0 aliphatic heterocycles. The van der Waals surface area contributed by atoms with Crippen LogP contribution in [0.4, 0.5) is 0 Å². The summed E-state index contributed by atoms with van der Waals surface area (Å²) in [4.78, 5) is 13.1. The second-order valence-corrected chi connectivity index (χ2v) is 6.21. The van der Waals surface area contributed by atoms with Crippen molar-refractivity contribution in [2.24, 2.45) is 0 Å². The molecule has 140 valence electrons. The minimum atomic E-state index is -0.742. The third-order valence-electron chi connectivity index (χ3n) is 4.28. The molecule has 3 nitrogen and oxygen atoms in total. The first-order valence-corrected chi connectivity index (χ1v) is 9.17. The summed E-state index contributed by atoms with van der Waals surface area (Å²) in [6.07, 6.45) is 10.6. The molecule has 0 saturated carbocycles. The van der Waals surface area contributed by atoms with Crippen LogP contribution < -0.4 is 0 Å². The summed E-state index contributed by atoms with van der Waals surface area (Å²) in [5.41, 5.74) is 5.04. The van der Waals surface area contributed by atoms with Crippen LogP contribution in [-0.4, -0.2) is 35.6 Å². The van der Waals surface area contributed by atoms with Crippen molar-refractivity contribution in [1.29, 1.82) is 0 Å². The molecule has 0 unspecified atom stereocenters. The lowest BCUT2D eigenvalue weighted by Gasteiger charge is -2.24. The number of carboxylic acid groups (broad SMARTS) is 1. The number of nitrogens with zero attached hydrogens (tertiary/aromatic N) is 1. The van der Waals surface area contributed by atoms with E-state index >= 15 is 0 Å². The summed E-state index contributed by atoms with van der Waals surface area (Å²) < 4.78 is 0. The molecule has 0 aromatic heterocycles. The first kappa shape index (κ1) is 23.1. The Morgan fingerprint density at radius 2 is 1.76 bits per heavy atom. The minimum Gasteiger partial charge on any atom is -0.481 e. The van der Waals surface area contributed by atoms with Gasteiger partial charge in [-0.15, -0.1) is 0 Å². The fourth-order valence-corrected chi connectivity index (χ4v) is 2.71. The molecule has 0 rings (SSSR count). The molecule has 0 saturated heterocycles. The van der Waals surface area contributed by atoms with Crippen molar-refractivity contribution < 1.29 is 9.90 Å². The predicted octanol–water partition coefficient (Wildman–Crippen LogP) is 5.53. The van der Waals surface area contributed by atoms with Crippen LogP contribution in [0.15, 0.2) is 59.8 Å². The molecule has 0 heterocycles. The van der Waals surface area contributed by atoms with E-state index < -0.39 is 5.97 Å². The van der Waals surface area contributed by atoms with E-state index in [1.165, 1.54) is 16.7 Å². The van der Waals surface area contributed by atoms with E-state index in [1.54, 1.807) is 6.08 Å². The predicted molar refractivity (Wildman–Crippen MR) is 109 cm³/mol. The molecule has 0 amide bonds. The third kappa shape index (κ3) is 9.88. The van der Waals surface area contributed by atoms with Gasteiger partial charge in [0, 0.05) is 19.5 Å². The van der Waals surface area contributed by atoms with Crippen LogP contribution >= 0.6 is 0 Å². The summed E-state index contributed by atoms with van der Waals surface area (Å²) in [6.45, 7) is 18.9. The van der Waals surface area contributed by atoms with Gasteiger partial charge in [-0.25, -0.2) is 0 Å². The monoisotopic (exact) mass is 345 g/mol. The summed E-state index contributed by atoms with van der Waals surface area (Å²) in [7, 11) is 0. The molecule has 0 aromatic rings. The van der Waals surface area contributed by atoms with E-state index in [4.69, 9.17) is 5.11 Å². The van der Waals surface area contributed by atoms with Crippen LogP contribution in [0, 0.1) is 0 Å². The molecular weight excluding hydrogens is 310 g/mol. The number of rotatable bonds is 13. The van der Waals surface area contributed by atoms with E-state index in [9.17, 15) is 4.79 Å². The van der Waals surface area contributed by atoms with Crippen LogP contribution in [0.5, 0.6) is 0 Å². The van der Waals surface area contributed by atoms with Gasteiger partial charge < -0.3 is 5.11 Å². The van der Waals surface area contributed by atoms with E-state index in [1.807, 2.05) is 19.1 Å². The Morgan fingerprint density at radius 1 is 1.08 bits per heavy atom. The highest BCUT2D eigenvalue weighted by molar-refractivity contribution is 5.67. The molecule has 0 fully saturated rings. The molecule has 0 atom stereocenters. The topological polar surface area (TPSA) is 40.5 Å². The highest BCUT2D eigenvalue weighted by Crippen LogP contribution is 2.19. The van der Waals surface area contributed by atoms with Crippen LogP contribution in [0.2, 0.25) is 0 Å². The maximum Gasteiger partial charge on any atom is 0.303 e. The van der Waals surface area contributed by atoms with Gasteiger partial charge in [0.05, 0.1) is 0 Å². The van der Waals surface area contributed by atoms with Gasteiger partial charge in [-0.3, -0.25) is 9.69 Å². The summed E-state index contributed by atoms with van der Waals surface area (Å²) in [5.74, 6) is -0.742. The Balaban J connectivity index is 5.31. The van der Waals surface area contributed by atoms with Crippen molar-refractivity contribution in [2.45, 2.75) is 53.4 Å². The largest absolute Gasteiger partial charge is 0.481 e. The molecule has 0 aliphatic carbocycles. The van der Waals surface area contributed by atoms with Gasteiger partial charge in [-0.2, -0.15) is 0 Å². The second-order valence-electron chi connectivity index (χ2n) is 6.21. The number of allylic oxidation sites excluding steroid dienone is 5. The molecule has 0 spiro atoms. The van der Waals surface area contributed by atoms with Crippen molar-refractivity contribution >= 4 is 5.97 Å². The molecule has 0 aliphatic rings. The maximum atomic E-state index is 10.8. The van der Waals surface area contributed by atoms with Crippen molar-refractivity contribution in [3.8, 4) is 0 Å². The molecule has 0 bridgehead atoms. The number of carbonyl (C=O) groups is 1. The van der Waals surface area contributed by atoms with Crippen molar-refractivity contribution in [3.05, 3.63) is 59.8 Å². The molecule has 25 heavy (non-hydrogen) atoms. The van der Waals surface area contributed by atoms with Crippen LogP contribution in [-0.2, 0) is 4.79 Å². The smallest absolute Gasteiger partial charge is 0.303 e. The van der Waals surface area contributed by atoms with Crippen molar-refractivity contribution in [3.63, 3.8) is 0 Å². The Bertz CT molecular complexity index is 538. The molecule has 3 heteroatoms. The highest BCUT2D eigenvalue weighted by atomic mass is 16.4. The van der Waals surface area contributed by atoms with E-state index in [0.717, 1.165) is 38.0 Å². The highest BCUT2D eigenvalue weighted by Gasteiger charge is 2.10. The van der Waals surface area contributed by atoms with E-state index in [0.29, 0.717) is 6.42 Å². The third-order valence-corrected chi connectivity index (χ3v) is 4.28. The lowest BCUT2D eigenvalue weighted by molar-refractivity contribution is -0.136. The van der Waals surface area contributed by atoms with Gasteiger partial charge in [0.15, 0.2) is 0 Å². The quantitative estimate of drug-likeness (QED) is 0.446. The number of hydrogen-bond donors (Lipinski definition) is 1. The van der Waals surface area contributed by atoms with Crippen molar-refractivity contribution in [2.75, 3.05) is 19.6 Å². The number of likely N-dealkylation sites (N-methyl/N-ethyl adjacent to an activating group) is 1. The zero-order chi connectivity index (χ0) is 19.2. The number of carboxylic acids is 1. The minimum absolute atomic E-state index is 0.191. The van der Waals surface area contributed by atoms with Gasteiger partial charge in [-0.1, -0.05) is 69.4 Å². The Morgan fingerprint density at radius 3 is 2.20 bits per heavy atom. The Labute approximate surface area is 154 Å². The Kier molecular flexibility index (Phi) is 12.4. The fraction of sp³-hybridized carbons (Fsp3) is 0.500. The van der Waals surface area contributed by atoms with Gasteiger partial charge >= 0.3 is 5.97 Å². The molecule has 1 N–H and O–H groups in total. The summed E-state index contributed by atoms with van der Waals surface area (Å²) in [6, 6.07) is 0. The summed E-state index contributed by atoms with van der Waals surface area (Å²) >= 11 is 0. The average molecular weight is 346 g/mol. The second kappa shape index (κ2) is 13.4. The molecule has 0 radical (unpaired) electrons. The van der Waals surface area contributed by atoms with E-state index in [-0.39, 0.29) is 6.42 Å². The van der Waals surface area contributed by atoms with Gasteiger partial charge in [0.25, 0.3) is 0 Å².